The van der Waals surface area contributed by atoms with Gasteiger partial charge in [0, 0.05) is 11.8 Å². The van der Waals surface area contributed by atoms with Crippen molar-refractivity contribution in [2.75, 3.05) is 12.3 Å². The van der Waals surface area contributed by atoms with E-state index in [1.807, 2.05) is 6.92 Å². The van der Waals surface area contributed by atoms with E-state index in [9.17, 15) is 23.3 Å². The van der Waals surface area contributed by atoms with Crippen molar-refractivity contribution < 1.29 is 37.1 Å². The zero-order chi connectivity index (χ0) is 22.3. The zero-order valence-electron chi connectivity index (χ0n) is 17.1. The lowest BCUT2D eigenvalue weighted by atomic mass is 9.98. The van der Waals surface area contributed by atoms with Crippen LogP contribution < -0.4 is 0 Å². The van der Waals surface area contributed by atoms with E-state index in [1.54, 1.807) is 26.0 Å². The minimum Gasteiger partial charge on any atom is -0.457 e. The number of sulfone groups is 1. The number of hydrogen-bond donors (Lipinski definition) is 0. The van der Waals surface area contributed by atoms with Crippen LogP contribution >= 0.6 is 0 Å². The average Bonchev–Trinajstić information content (AvgIpc) is 3.06. The molecule has 0 N–H and O–H groups in total. The van der Waals surface area contributed by atoms with Crippen molar-refractivity contribution >= 4 is 15.8 Å². The second-order valence-electron chi connectivity index (χ2n) is 8.01. The Kier molecular flexibility index (Phi) is 6.19. The van der Waals surface area contributed by atoms with Gasteiger partial charge in [-0.3, -0.25) is 14.9 Å². The molecule has 0 amide bonds. The first kappa shape index (κ1) is 22.6. The van der Waals surface area contributed by atoms with Gasteiger partial charge in [0.25, 0.3) is 0 Å². The molecule has 3 rings (SSSR count). The van der Waals surface area contributed by atoms with Gasteiger partial charge in [0.2, 0.25) is 6.54 Å². The van der Waals surface area contributed by atoms with E-state index in [0.29, 0.717) is 0 Å². The van der Waals surface area contributed by atoms with Crippen LogP contribution in [0.15, 0.2) is 29.2 Å². The van der Waals surface area contributed by atoms with Crippen LogP contribution in [0.5, 0.6) is 0 Å². The average molecular weight is 443 g/mol. The van der Waals surface area contributed by atoms with Gasteiger partial charge in [-0.1, -0.05) is 17.7 Å². The van der Waals surface area contributed by atoms with Crippen molar-refractivity contribution in [2.45, 2.75) is 63.0 Å². The molecule has 2 aliphatic heterocycles. The Morgan fingerprint density at radius 3 is 2.47 bits per heavy atom. The van der Waals surface area contributed by atoms with Gasteiger partial charge in [0.1, 0.15) is 6.10 Å². The summed E-state index contributed by atoms with van der Waals surface area (Å²) in [5, 5.41) is 11.3. The quantitative estimate of drug-likeness (QED) is 0.349. The van der Waals surface area contributed by atoms with Gasteiger partial charge in [-0.2, -0.15) is 0 Å². The van der Waals surface area contributed by atoms with E-state index in [2.05, 4.69) is 0 Å². The number of nitro groups is 1. The van der Waals surface area contributed by atoms with Gasteiger partial charge in [-0.15, -0.1) is 0 Å². The third kappa shape index (κ3) is 4.97. The van der Waals surface area contributed by atoms with Crippen LogP contribution in [0.25, 0.3) is 0 Å². The number of hydrogen-bond acceptors (Lipinski definition) is 9. The molecule has 30 heavy (non-hydrogen) atoms. The van der Waals surface area contributed by atoms with E-state index in [-0.39, 0.29) is 4.90 Å². The molecule has 0 bridgehead atoms. The Balaban J connectivity index is 1.89. The molecule has 2 aliphatic rings. The Labute approximate surface area is 174 Å². The van der Waals surface area contributed by atoms with Gasteiger partial charge in [-0.05, 0) is 32.9 Å². The summed E-state index contributed by atoms with van der Waals surface area (Å²) in [7, 11) is -3.86. The largest absolute Gasteiger partial charge is 0.457 e. The predicted octanol–water partition coefficient (Wildman–Crippen LogP) is 1.47. The molecule has 0 radical (unpaired) electrons. The second kappa shape index (κ2) is 8.22. The summed E-state index contributed by atoms with van der Waals surface area (Å²) in [4.78, 5) is 22.4. The highest BCUT2D eigenvalue weighted by molar-refractivity contribution is 7.91. The molecule has 2 heterocycles. The van der Waals surface area contributed by atoms with Crippen LogP contribution in [0.1, 0.15) is 26.3 Å². The van der Waals surface area contributed by atoms with Crippen molar-refractivity contribution in [3.63, 3.8) is 0 Å². The summed E-state index contributed by atoms with van der Waals surface area (Å²) in [5.74, 6) is -3.27. The van der Waals surface area contributed by atoms with Crippen LogP contribution in [-0.4, -0.2) is 62.0 Å². The second-order valence-corrected chi connectivity index (χ2v) is 10.0. The van der Waals surface area contributed by atoms with Crippen LogP contribution in [-0.2, 0) is 33.6 Å². The third-order valence-corrected chi connectivity index (χ3v) is 6.85. The Morgan fingerprint density at radius 1 is 1.27 bits per heavy atom. The number of benzene rings is 1. The number of carbonyl (C=O) groups is 1. The van der Waals surface area contributed by atoms with Crippen molar-refractivity contribution in [2.24, 2.45) is 5.92 Å². The van der Waals surface area contributed by atoms with Crippen molar-refractivity contribution in [1.82, 2.24) is 0 Å². The molecular weight excluding hydrogens is 418 g/mol. The maximum Gasteiger partial charge on any atom is 0.303 e. The first-order valence-electron chi connectivity index (χ1n) is 9.47. The molecule has 11 heteroatoms. The van der Waals surface area contributed by atoms with E-state index in [4.69, 9.17) is 18.9 Å². The predicted molar refractivity (Wildman–Crippen MR) is 103 cm³/mol. The lowest BCUT2D eigenvalue weighted by molar-refractivity contribution is -0.490. The third-order valence-electron chi connectivity index (χ3n) is 4.99. The molecular formula is C19H25NO9S. The summed E-state index contributed by atoms with van der Waals surface area (Å²) in [6, 6.07) is 6.21. The Morgan fingerprint density at radius 2 is 1.90 bits per heavy atom. The number of fused-ring (bicyclic) bond motifs is 1. The fourth-order valence-electron chi connectivity index (χ4n) is 3.78. The molecule has 0 aromatic heterocycles. The number of aryl methyl sites for hydroxylation is 1. The number of nitrogens with zero attached hydrogens (tertiary/aromatic N) is 1. The Hall–Kier alpha value is -2.08. The first-order chi connectivity index (χ1) is 13.9. The van der Waals surface area contributed by atoms with E-state index >= 15 is 0 Å². The Bertz CT molecular complexity index is 912. The lowest BCUT2D eigenvalue weighted by Crippen LogP contribution is -2.45. The van der Waals surface area contributed by atoms with Gasteiger partial charge >= 0.3 is 5.97 Å². The monoisotopic (exact) mass is 443 g/mol. The smallest absolute Gasteiger partial charge is 0.303 e. The van der Waals surface area contributed by atoms with Crippen molar-refractivity contribution in [1.29, 1.82) is 0 Å². The molecule has 1 aromatic carbocycles. The minimum absolute atomic E-state index is 0.0531. The van der Waals surface area contributed by atoms with Crippen molar-refractivity contribution in [3.05, 3.63) is 39.9 Å². The van der Waals surface area contributed by atoms with Gasteiger partial charge < -0.3 is 18.9 Å². The van der Waals surface area contributed by atoms with Crippen LogP contribution in [0.4, 0.5) is 0 Å². The van der Waals surface area contributed by atoms with Gasteiger partial charge in [0.15, 0.2) is 34.1 Å². The summed E-state index contributed by atoms with van der Waals surface area (Å²) in [6.07, 6.45) is -3.85. The molecule has 0 aliphatic carbocycles. The van der Waals surface area contributed by atoms with Crippen molar-refractivity contribution in [3.8, 4) is 0 Å². The molecule has 1 aromatic rings. The van der Waals surface area contributed by atoms with Crippen LogP contribution in [0, 0.1) is 23.0 Å². The standard InChI is InChI=1S/C19H25NO9S/c1-11-5-7-14(8-6-11)30(24,25)10-13(9-20(22)23)15-16(26-12(2)21)17-18(27-15)29-19(3,4)28-17/h5-8,13,15-18H,9-10H2,1-4H3/t13-,15-,16+,17-,18-/m1/s1. The minimum atomic E-state index is -3.86. The van der Waals surface area contributed by atoms with E-state index in [0.717, 1.165) is 5.56 Å². The summed E-state index contributed by atoms with van der Waals surface area (Å²) < 4.78 is 48.4. The number of esters is 1. The van der Waals surface area contributed by atoms with Crippen LogP contribution in [0.3, 0.4) is 0 Å². The molecule has 166 valence electrons. The highest BCUT2D eigenvalue weighted by Crippen LogP contribution is 2.41. The topological polar surface area (TPSA) is 131 Å². The molecule has 2 fully saturated rings. The first-order valence-corrected chi connectivity index (χ1v) is 11.1. The lowest BCUT2D eigenvalue weighted by Gasteiger charge is -2.28. The molecule has 2 saturated heterocycles. The highest BCUT2D eigenvalue weighted by atomic mass is 32.2. The molecule has 5 atom stereocenters. The molecule has 10 nitrogen and oxygen atoms in total. The molecule has 0 unspecified atom stereocenters. The highest BCUT2D eigenvalue weighted by Gasteiger charge is 2.59. The summed E-state index contributed by atoms with van der Waals surface area (Å²) in [5.41, 5.74) is 0.884. The van der Waals surface area contributed by atoms with Gasteiger partial charge in [-0.25, -0.2) is 8.42 Å². The number of carbonyl (C=O) groups excluding carboxylic acids is 1. The summed E-state index contributed by atoms with van der Waals surface area (Å²) >= 11 is 0. The normalized spacial score (nSPS) is 28.7. The zero-order valence-corrected chi connectivity index (χ0v) is 18.0. The van der Waals surface area contributed by atoms with E-state index < -0.39 is 69.3 Å². The number of rotatable bonds is 7. The maximum atomic E-state index is 12.9. The maximum absolute atomic E-state index is 12.9. The fraction of sp³-hybridized carbons (Fsp3) is 0.632. The molecule has 0 spiro atoms. The SMILES string of the molecule is CC(=O)O[C@H]1[C@@H]([C@H](C[N+](=O)[O-])CS(=O)(=O)c2ccc(C)cc2)O[C@@H]2OC(C)(C)O[C@@H]21. The number of ether oxygens (including phenoxy) is 4. The summed E-state index contributed by atoms with van der Waals surface area (Å²) in [6.45, 7) is 5.64. The molecule has 0 saturated carbocycles. The fourth-order valence-corrected chi connectivity index (χ4v) is 5.38. The van der Waals surface area contributed by atoms with Crippen LogP contribution in [0.2, 0.25) is 0 Å². The van der Waals surface area contributed by atoms with Gasteiger partial charge in [0.05, 0.1) is 16.6 Å². The van der Waals surface area contributed by atoms with E-state index in [1.165, 1.54) is 19.1 Å².